The molecule has 0 aliphatic heterocycles. The Morgan fingerprint density at radius 2 is 2.00 bits per heavy atom. The lowest BCUT2D eigenvalue weighted by atomic mass is 9.78. The van der Waals surface area contributed by atoms with Crippen LogP contribution in [-0.4, -0.2) is 37.8 Å². The first kappa shape index (κ1) is 23.2. The topological polar surface area (TPSA) is 73.9 Å². The summed E-state index contributed by atoms with van der Waals surface area (Å²) in [6.07, 6.45) is 6.26. The lowest BCUT2D eigenvalue weighted by Gasteiger charge is -2.38. The minimum absolute atomic E-state index is 0.145. The van der Waals surface area contributed by atoms with Crippen LogP contribution in [0.25, 0.3) is 0 Å². The van der Waals surface area contributed by atoms with Crippen molar-refractivity contribution in [1.82, 2.24) is 0 Å². The number of carbonyl (C=O) groups is 2. The fourth-order valence-electron chi connectivity index (χ4n) is 3.78. The van der Waals surface area contributed by atoms with Gasteiger partial charge in [-0.15, -0.1) is 0 Å². The molecule has 0 radical (unpaired) electrons. The zero-order valence-corrected chi connectivity index (χ0v) is 18.2. The van der Waals surface area contributed by atoms with Crippen molar-refractivity contribution in [3.05, 3.63) is 23.8 Å². The molecule has 6 heteroatoms. The van der Waals surface area contributed by atoms with Crippen LogP contribution < -0.4 is 10.1 Å². The SMILES string of the molecule is CCCCOc1ccc(NC(=O)C2(OCCC)CCCC(C)C2)cc1C(=O)OC. The zero-order chi connectivity index (χ0) is 21.3. The van der Waals surface area contributed by atoms with Gasteiger partial charge in [-0.3, -0.25) is 4.79 Å². The number of benzene rings is 1. The number of esters is 1. The standard InChI is InChI=1S/C23H35NO5/c1-5-7-14-28-20-11-10-18(15-19(20)21(25)27-4)24-22(26)23(29-13-6-2)12-8-9-17(3)16-23/h10-11,15,17H,5-9,12-14,16H2,1-4H3,(H,24,26). The minimum atomic E-state index is -0.810. The first-order valence-corrected chi connectivity index (χ1v) is 10.8. The van der Waals surface area contributed by atoms with Crippen molar-refractivity contribution < 1.29 is 23.8 Å². The molecule has 0 bridgehead atoms. The van der Waals surface area contributed by atoms with Crippen molar-refractivity contribution in [2.45, 2.75) is 71.3 Å². The summed E-state index contributed by atoms with van der Waals surface area (Å²) in [5, 5.41) is 2.97. The molecule has 29 heavy (non-hydrogen) atoms. The number of ether oxygens (including phenoxy) is 3. The van der Waals surface area contributed by atoms with Crippen LogP contribution in [0.1, 0.15) is 76.1 Å². The van der Waals surface area contributed by atoms with Gasteiger partial charge in [0, 0.05) is 12.3 Å². The number of carbonyl (C=O) groups excluding carboxylic acids is 2. The van der Waals surface area contributed by atoms with Crippen LogP contribution in [0.2, 0.25) is 0 Å². The maximum atomic E-state index is 13.2. The number of methoxy groups -OCH3 is 1. The van der Waals surface area contributed by atoms with E-state index in [0.717, 1.165) is 32.1 Å². The molecule has 1 amide bonds. The third kappa shape index (κ3) is 6.20. The molecule has 1 aromatic carbocycles. The highest BCUT2D eigenvalue weighted by atomic mass is 16.5. The van der Waals surface area contributed by atoms with Crippen molar-refractivity contribution in [1.29, 1.82) is 0 Å². The molecular formula is C23H35NO5. The molecule has 0 saturated heterocycles. The molecule has 0 aromatic heterocycles. The third-order valence-electron chi connectivity index (χ3n) is 5.35. The predicted molar refractivity (Wildman–Crippen MR) is 113 cm³/mol. The fraction of sp³-hybridized carbons (Fsp3) is 0.652. The van der Waals surface area contributed by atoms with Gasteiger partial charge >= 0.3 is 5.97 Å². The van der Waals surface area contributed by atoms with E-state index in [9.17, 15) is 9.59 Å². The first-order chi connectivity index (χ1) is 14.0. The molecule has 2 atom stereocenters. The predicted octanol–water partition coefficient (Wildman–Crippen LogP) is 4.97. The average molecular weight is 406 g/mol. The Kier molecular flexibility index (Phi) is 8.96. The van der Waals surface area contributed by atoms with Crippen LogP contribution in [-0.2, 0) is 14.3 Å². The maximum Gasteiger partial charge on any atom is 0.341 e. The highest BCUT2D eigenvalue weighted by Gasteiger charge is 2.42. The summed E-state index contributed by atoms with van der Waals surface area (Å²) in [7, 11) is 1.33. The van der Waals surface area contributed by atoms with Gasteiger partial charge in [0.2, 0.25) is 0 Å². The summed E-state index contributed by atoms with van der Waals surface area (Å²) >= 11 is 0. The van der Waals surface area contributed by atoms with Gasteiger partial charge in [-0.05, 0) is 56.2 Å². The van der Waals surface area contributed by atoms with Gasteiger partial charge in [-0.2, -0.15) is 0 Å². The fourth-order valence-corrected chi connectivity index (χ4v) is 3.78. The van der Waals surface area contributed by atoms with Crippen LogP contribution in [0.5, 0.6) is 5.75 Å². The van der Waals surface area contributed by atoms with E-state index in [2.05, 4.69) is 19.2 Å². The Morgan fingerprint density at radius 1 is 1.21 bits per heavy atom. The Balaban J connectivity index is 2.21. The number of rotatable bonds is 10. The van der Waals surface area contributed by atoms with Gasteiger partial charge in [0.05, 0.1) is 13.7 Å². The largest absolute Gasteiger partial charge is 0.493 e. The van der Waals surface area contributed by atoms with Crippen LogP contribution in [0.15, 0.2) is 18.2 Å². The number of amides is 1. The van der Waals surface area contributed by atoms with Gasteiger partial charge in [-0.25, -0.2) is 4.79 Å². The second-order valence-electron chi connectivity index (χ2n) is 7.90. The highest BCUT2D eigenvalue weighted by molar-refractivity contribution is 5.99. The van der Waals surface area contributed by atoms with Crippen molar-refractivity contribution in [2.24, 2.45) is 5.92 Å². The van der Waals surface area contributed by atoms with E-state index in [1.165, 1.54) is 7.11 Å². The molecule has 1 saturated carbocycles. The minimum Gasteiger partial charge on any atom is -0.493 e. The van der Waals surface area contributed by atoms with Crippen molar-refractivity contribution >= 4 is 17.6 Å². The summed E-state index contributed by atoms with van der Waals surface area (Å²) in [5.74, 6) is 0.265. The number of hydrogen-bond donors (Lipinski definition) is 1. The first-order valence-electron chi connectivity index (χ1n) is 10.8. The molecule has 1 aliphatic rings. The van der Waals surface area contributed by atoms with E-state index in [0.29, 0.717) is 49.0 Å². The molecule has 0 spiro atoms. The molecule has 6 nitrogen and oxygen atoms in total. The molecular weight excluding hydrogens is 370 g/mol. The van der Waals surface area contributed by atoms with Gasteiger partial charge in [0.1, 0.15) is 16.9 Å². The molecule has 1 aromatic rings. The quantitative estimate of drug-likeness (QED) is 0.440. The Hall–Kier alpha value is -2.08. The van der Waals surface area contributed by atoms with E-state index in [-0.39, 0.29) is 5.91 Å². The third-order valence-corrected chi connectivity index (χ3v) is 5.35. The summed E-state index contributed by atoms with van der Waals surface area (Å²) in [5.41, 5.74) is 0.0351. The number of nitrogens with one attached hydrogen (secondary N) is 1. The van der Waals surface area contributed by atoms with Crippen molar-refractivity contribution in [3.8, 4) is 5.75 Å². The van der Waals surface area contributed by atoms with Gasteiger partial charge in [0.25, 0.3) is 5.91 Å². The average Bonchev–Trinajstić information content (AvgIpc) is 2.72. The van der Waals surface area contributed by atoms with E-state index < -0.39 is 11.6 Å². The van der Waals surface area contributed by atoms with Gasteiger partial charge < -0.3 is 19.5 Å². The van der Waals surface area contributed by atoms with Crippen LogP contribution >= 0.6 is 0 Å². The van der Waals surface area contributed by atoms with E-state index in [1.54, 1.807) is 18.2 Å². The van der Waals surface area contributed by atoms with E-state index in [4.69, 9.17) is 14.2 Å². The zero-order valence-electron chi connectivity index (χ0n) is 18.2. The molecule has 2 rings (SSSR count). The Bertz CT molecular complexity index is 690. The lowest BCUT2D eigenvalue weighted by molar-refractivity contribution is -0.148. The summed E-state index contributed by atoms with van der Waals surface area (Å²) in [4.78, 5) is 25.4. The Labute approximate surface area is 174 Å². The Morgan fingerprint density at radius 3 is 2.66 bits per heavy atom. The smallest absolute Gasteiger partial charge is 0.341 e. The molecule has 0 heterocycles. The monoisotopic (exact) mass is 405 g/mol. The second kappa shape index (κ2) is 11.2. The molecule has 2 unspecified atom stereocenters. The highest BCUT2D eigenvalue weighted by Crippen LogP contribution is 2.36. The summed E-state index contributed by atoms with van der Waals surface area (Å²) in [6.45, 7) is 7.35. The summed E-state index contributed by atoms with van der Waals surface area (Å²) in [6, 6.07) is 5.08. The van der Waals surface area contributed by atoms with Crippen LogP contribution in [0.4, 0.5) is 5.69 Å². The van der Waals surface area contributed by atoms with Crippen LogP contribution in [0.3, 0.4) is 0 Å². The van der Waals surface area contributed by atoms with Gasteiger partial charge in [-0.1, -0.05) is 33.6 Å². The van der Waals surface area contributed by atoms with Crippen molar-refractivity contribution in [3.63, 3.8) is 0 Å². The molecule has 1 fully saturated rings. The van der Waals surface area contributed by atoms with Gasteiger partial charge in [0.15, 0.2) is 0 Å². The number of hydrogen-bond acceptors (Lipinski definition) is 5. The maximum absolute atomic E-state index is 13.2. The number of anilines is 1. The lowest BCUT2D eigenvalue weighted by Crippen LogP contribution is -2.48. The summed E-state index contributed by atoms with van der Waals surface area (Å²) < 4.78 is 16.7. The number of unbranched alkanes of at least 4 members (excludes halogenated alkanes) is 1. The van der Waals surface area contributed by atoms with Crippen molar-refractivity contribution in [2.75, 3.05) is 25.6 Å². The van der Waals surface area contributed by atoms with E-state index in [1.807, 2.05) is 6.92 Å². The van der Waals surface area contributed by atoms with Crippen LogP contribution in [0, 0.1) is 5.92 Å². The molecule has 1 N–H and O–H groups in total. The normalized spacial score (nSPS) is 21.4. The molecule has 1 aliphatic carbocycles. The van der Waals surface area contributed by atoms with E-state index >= 15 is 0 Å². The molecule has 162 valence electrons. The second-order valence-corrected chi connectivity index (χ2v) is 7.90.